The molecular weight excluding hydrogens is 436 g/mol. The third kappa shape index (κ3) is 5.45. The number of nitrogens with zero attached hydrogens (tertiary/aromatic N) is 3. The maximum absolute atomic E-state index is 6.63. The molecule has 3 rings (SSSR count). The van der Waals surface area contributed by atoms with Crippen LogP contribution < -0.4 is 4.72 Å². The summed E-state index contributed by atoms with van der Waals surface area (Å²) in [6, 6.07) is 12.5. The van der Waals surface area contributed by atoms with Crippen molar-refractivity contribution in [1.82, 2.24) is 4.90 Å². The van der Waals surface area contributed by atoms with Crippen LogP contribution >= 0.6 is 23.5 Å². The number of halogens is 1. The van der Waals surface area contributed by atoms with Gasteiger partial charge in [-0.25, -0.2) is 0 Å². The Morgan fingerprint density at radius 1 is 1.22 bits per heavy atom. The number of anilines is 1. The molecule has 0 spiro atoms. The molecule has 1 aliphatic rings. The molecule has 1 atom stereocenters. The van der Waals surface area contributed by atoms with E-state index in [-0.39, 0.29) is 11.6 Å². The number of rotatable bonds is 7. The molecule has 0 saturated heterocycles. The zero-order chi connectivity index (χ0) is 23.5. The Labute approximate surface area is 201 Å². The number of aliphatic imine (C=N–C) groups is 2. The Kier molecular flexibility index (Phi) is 7.52. The van der Waals surface area contributed by atoms with Gasteiger partial charge in [0.15, 0.2) is 0 Å². The van der Waals surface area contributed by atoms with Crippen LogP contribution in [0.3, 0.4) is 0 Å². The summed E-state index contributed by atoms with van der Waals surface area (Å²) in [6.45, 7) is 17.5. The lowest BCUT2D eigenvalue weighted by atomic mass is 9.87. The smallest absolute Gasteiger partial charge is 0.140 e. The van der Waals surface area contributed by atoms with E-state index in [4.69, 9.17) is 11.6 Å². The van der Waals surface area contributed by atoms with Gasteiger partial charge in [0.2, 0.25) is 0 Å². The molecule has 0 saturated carbocycles. The second-order valence-corrected chi connectivity index (χ2v) is 10.2. The van der Waals surface area contributed by atoms with Crippen LogP contribution in [-0.4, -0.2) is 36.6 Å². The SMILES string of the molecule is C=Cc1c(NSc2ccc(C(C)(C)C)cc2)ccc(Cl)c1C(=C)N(C)C1CN=CC(C)=N1. The summed E-state index contributed by atoms with van der Waals surface area (Å²) in [6.07, 6.45) is 3.51. The first-order valence-electron chi connectivity index (χ1n) is 10.6. The highest BCUT2D eigenvalue weighted by Gasteiger charge is 2.22. The van der Waals surface area contributed by atoms with Crippen LogP contribution in [0.1, 0.15) is 44.4 Å². The summed E-state index contributed by atoms with van der Waals surface area (Å²) in [5, 5.41) is 0.627. The lowest BCUT2D eigenvalue weighted by molar-refractivity contribution is 0.365. The summed E-state index contributed by atoms with van der Waals surface area (Å²) in [5.74, 6) is 0. The molecule has 0 radical (unpaired) electrons. The fourth-order valence-electron chi connectivity index (χ4n) is 3.48. The average molecular weight is 467 g/mol. The fourth-order valence-corrected chi connectivity index (χ4v) is 4.43. The van der Waals surface area contributed by atoms with Crippen molar-refractivity contribution in [3.05, 3.63) is 71.3 Å². The quantitative estimate of drug-likeness (QED) is 0.439. The molecule has 1 N–H and O–H groups in total. The van der Waals surface area contributed by atoms with Gasteiger partial charge in [-0.1, -0.05) is 63.7 Å². The molecule has 6 heteroatoms. The molecule has 2 aromatic carbocycles. The van der Waals surface area contributed by atoms with E-state index in [0.717, 1.165) is 33.1 Å². The number of likely N-dealkylation sites (N-methyl/N-ethyl adjacent to an activating group) is 1. The molecule has 4 nitrogen and oxygen atoms in total. The van der Waals surface area contributed by atoms with E-state index >= 15 is 0 Å². The van der Waals surface area contributed by atoms with E-state index in [1.165, 1.54) is 5.56 Å². The summed E-state index contributed by atoms with van der Waals surface area (Å²) in [7, 11) is 1.97. The van der Waals surface area contributed by atoms with Gasteiger partial charge in [0.05, 0.1) is 23.0 Å². The summed E-state index contributed by atoms with van der Waals surface area (Å²) >= 11 is 8.19. The maximum Gasteiger partial charge on any atom is 0.140 e. The molecule has 168 valence electrons. The Balaban J connectivity index is 1.83. The fraction of sp³-hybridized carbons (Fsp3) is 0.308. The first-order valence-corrected chi connectivity index (χ1v) is 11.8. The predicted molar refractivity (Wildman–Crippen MR) is 143 cm³/mol. The highest BCUT2D eigenvalue weighted by Crippen LogP contribution is 2.37. The van der Waals surface area contributed by atoms with Crippen LogP contribution in [0.4, 0.5) is 5.69 Å². The summed E-state index contributed by atoms with van der Waals surface area (Å²) in [5.41, 5.74) is 5.82. The van der Waals surface area contributed by atoms with Gasteiger partial charge in [0, 0.05) is 35.0 Å². The average Bonchev–Trinajstić information content (AvgIpc) is 2.76. The van der Waals surface area contributed by atoms with Gasteiger partial charge < -0.3 is 9.62 Å². The second kappa shape index (κ2) is 9.97. The van der Waals surface area contributed by atoms with Gasteiger partial charge in [-0.05, 0) is 54.1 Å². The summed E-state index contributed by atoms with van der Waals surface area (Å²) < 4.78 is 3.46. The van der Waals surface area contributed by atoms with Crippen LogP contribution in [0, 0.1) is 0 Å². The Morgan fingerprint density at radius 3 is 2.50 bits per heavy atom. The molecule has 1 aliphatic heterocycles. The topological polar surface area (TPSA) is 40.0 Å². The second-order valence-electron chi connectivity index (χ2n) is 8.87. The van der Waals surface area contributed by atoms with Crippen LogP contribution in [0.5, 0.6) is 0 Å². The Morgan fingerprint density at radius 2 is 1.91 bits per heavy atom. The first-order chi connectivity index (χ1) is 15.1. The van der Waals surface area contributed by atoms with Crippen LogP contribution in [0.15, 0.2) is 64.4 Å². The lowest BCUT2D eigenvalue weighted by Gasteiger charge is -2.31. The molecule has 0 fully saturated rings. The van der Waals surface area contributed by atoms with Crippen molar-refractivity contribution in [1.29, 1.82) is 0 Å². The molecule has 2 aromatic rings. The molecule has 0 bridgehead atoms. The van der Waals surface area contributed by atoms with Crippen LogP contribution in [-0.2, 0) is 5.41 Å². The maximum atomic E-state index is 6.63. The van der Waals surface area contributed by atoms with Gasteiger partial charge in [-0.2, -0.15) is 0 Å². The Hall–Kier alpha value is -2.50. The van der Waals surface area contributed by atoms with Crippen molar-refractivity contribution in [2.75, 3.05) is 18.3 Å². The third-order valence-corrected chi connectivity index (χ3v) is 6.60. The van der Waals surface area contributed by atoms with Crippen molar-refractivity contribution in [2.24, 2.45) is 9.98 Å². The van der Waals surface area contributed by atoms with Gasteiger partial charge >= 0.3 is 0 Å². The number of hydrogen-bond donors (Lipinski definition) is 1. The molecule has 1 unspecified atom stereocenters. The van der Waals surface area contributed by atoms with Gasteiger partial charge in [-0.15, -0.1) is 0 Å². The lowest BCUT2D eigenvalue weighted by Crippen LogP contribution is -2.34. The van der Waals surface area contributed by atoms with Crippen molar-refractivity contribution < 1.29 is 0 Å². The molecule has 0 aromatic heterocycles. The van der Waals surface area contributed by atoms with Gasteiger partial charge in [0.25, 0.3) is 0 Å². The largest absolute Gasteiger partial charge is 0.351 e. The van der Waals surface area contributed by atoms with Crippen LogP contribution in [0.2, 0.25) is 5.02 Å². The number of benzene rings is 2. The van der Waals surface area contributed by atoms with E-state index in [1.807, 2.05) is 37.1 Å². The Bertz CT molecular complexity index is 1060. The normalized spacial score (nSPS) is 15.8. The first kappa shape index (κ1) is 24.1. The van der Waals surface area contributed by atoms with Crippen molar-refractivity contribution in [3.8, 4) is 0 Å². The molecular formula is C26H31ClN4S. The third-order valence-electron chi connectivity index (χ3n) is 5.46. The van der Waals surface area contributed by atoms with E-state index in [9.17, 15) is 0 Å². The van der Waals surface area contributed by atoms with Crippen molar-refractivity contribution >= 4 is 52.9 Å². The van der Waals surface area contributed by atoms with E-state index in [0.29, 0.717) is 11.6 Å². The number of nitrogens with one attached hydrogen (secondary N) is 1. The van der Waals surface area contributed by atoms with Crippen LogP contribution in [0.25, 0.3) is 11.8 Å². The van der Waals surface area contributed by atoms with Crippen molar-refractivity contribution in [2.45, 2.75) is 44.2 Å². The van der Waals surface area contributed by atoms with Gasteiger partial charge in [-0.3, -0.25) is 9.98 Å². The molecule has 0 amide bonds. The zero-order valence-electron chi connectivity index (χ0n) is 19.4. The highest BCUT2D eigenvalue weighted by molar-refractivity contribution is 8.00. The standard InChI is InChI=1S/C26H31ClN4S/c1-8-21-23(30-32-20-11-9-19(10-12-20)26(4,5)6)14-13-22(27)25(21)18(3)31(7)24-16-28-15-17(2)29-24/h8-15,24,30H,1,3,16H2,2,4-7H3. The minimum absolute atomic E-state index is 0.103. The minimum atomic E-state index is -0.103. The molecule has 0 aliphatic carbocycles. The van der Waals surface area contributed by atoms with E-state index < -0.39 is 0 Å². The summed E-state index contributed by atoms with van der Waals surface area (Å²) in [4.78, 5) is 12.2. The zero-order valence-corrected chi connectivity index (χ0v) is 21.0. The monoisotopic (exact) mass is 466 g/mol. The van der Waals surface area contributed by atoms with E-state index in [2.05, 4.69) is 72.9 Å². The highest BCUT2D eigenvalue weighted by atomic mass is 35.5. The van der Waals surface area contributed by atoms with E-state index in [1.54, 1.807) is 18.2 Å². The van der Waals surface area contributed by atoms with Crippen molar-refractivity contribution in [3.63, 3.8) is 0 Å². The molecule has 32 heavy (non-hydrogen) atoms. The van der Waals surface area contributed by atoms with Gasteiger partial charge in [0.1, 0.15) is 6.17 Å². The predicted octanol–water partition coefficient (Wildman–Crippen LogP) is 7.17. The molecule has 1 heterocycles. The minimum Gasteiger partial charge on any atom is -0.351 e. The number of hydrogen-bond acceptors (Lipinski definition) is 5.